The molecule has 0 aromatic rings. The minimum atomic E-state index is -5.78. The molecule has 2 atom stereocenters. The van der Waals surface area contributed by atoms with Crippen LogP contribution in [-0.4, -0.2) is 50.0 Å². The largest absolute Gasteiger partial charge is 0.478 e. The fourth-order valence-corrected chi connectivity index (χ4v) is 4.75. The standard InChI is InChI=1S/C13H18F6O4Si/c1-24(2,3)8(12(16,11(14)15)13(17,18)19)6-7-23-10(22)5-4-9(20)21/h4-5,8,11H,6-7H2,1-3H3,(H,20,21). The highest BCUT2D eigenvalue weighted by Gasteiger charge is 2.68. The Labute approximate surface area is 135 Å². The summed E-state index contributed by atoms with van der Waals surface area (Å²) in [6.45, 7) is 3.15. The van der Waals surface area contributed by atoms with Crippen LogP contribution in [0.5, 0.6) is 0 Å². The molecule has 2 unspecified atom stereocenters. The molecule has 0 radical (unpaired) electrons. The lowest BCUT2D eigenvalue weighted by Crippen LogP contribution is -2.57. The predicted molar refractivity (Wildman–Crippen MR) is 75.3 cm³/mol. The molecule has 0 saturated heterocycles. The Morgan fingerprint density at radius 1 is 1.12 bits per heavy atom. The van der Waals surface area contributed by atoms with Gasteiger partial charge in [-0.3, -0.25) is 0 Å². The summed E-state index contributed by atoms with van der Waals surface area (Å²) in [4.78, 5) is 21.3. The van der Waals surface area contributed by atoms with Crippen LogP contribution in [0.1, 0.15) is 6.42 Å². The molecule has 0 aliphatic rings. The van der Waals surface area contributed by atoms with E-state index in [2.05, 4.69) is 4.74 Å². The fourth-order valence-electron chi connectivity index (χ4n) is 2.21. The molecule has 0 aromatic heterocycles. The van der Waals surface area contributed by atoms with Crippen molar-refractivity contribution in [1.29, 1.82) is 0 Å². The van der Waals surface area contributed by atoms with Gasteiger partial charge < -0.3 is 9.84 Å². The first kappa shape index (κ1) is 22.5. The van der Waals surface area contributed by atoms with Crippen LogP contribution in [0.4, 0.5) is 26.3 Å². The van der Waals surface area contributed by atoms with Crippen LogP contribution in [0, 0.1) is 0 Å². The number of aliphatic carboxylic acids is 1. The Hall–Kier alpha value is -1.52. The van der Waals surface area contributed by atoms with Gasteiger partial charge in [0.25, 0.3) is 12.1 Å². The summed E-state index contributed by atoms with van der Waals surface area (Å²) >= 11 is 0. The molecule has 0 aliphatic carbocycles. The van der Waals surface area contributed by atoms with Crippen molar-refractivity contribution < 1.29 is 45.8 Å². The molecule has 0 amide bonds. The second-order valence-corrected chi connectivity index (χ2v) is 11.5. The van der Waals surface area contributed by atoms with Gasteiger partial charge in [0.15, 0.2) is 0 Å². The maximum atomic E-state index is 14.3. The zero-order chi connectivity index (χ0) is 19.3. The molecule has 0 saturated carbocycles. The maximum absolute atomic E-state index is 14.3. The van der Waals surface area contributed by atoms with Gasteiger partial charge >= 0.3 is 18.1 Å². The first-order chi connectivity index (χ1) is 10.6. The summed E-state index contributed by atoms with van der Waals surface area (Å²) in [6.07, 6.45) is -9.88. The van der Waals surface area contributed by atoms with Gasteiger partial charge in [-0.05, 0) is 6.42 Å². The minimum absolute atomic E-state index is 0.437. The van der Waals surface area contributed by atoms with Gasteiger partial charge in [-0.1, -0.05) is 19.6 Å². The molecule has 0 spiro atoms. The molecule has 1 N–H and O–H groups in total. The quantitative estimate of drug-likeness (QED) is 0.301. The van der Waals surface area contributed by atoms with E-state index in [0.29, 0.717) is 12.2 Å². The zero-order valence-corrected chi connectivity index (χ0v) is 14.2. The number of carboxylic acids is 1. The minimum Gasteiger partial charge on any atom is -0.478 e. The van der Waals surface area contributed by atoms with Gasteiger partial charge in [-0.2, -0.15) is 13.2 Å². The van der Waals surface area contributed by atoms with E-state index in [1.807, 2.05) is 0 Å². The summed E-state index contributed by atoms with van der Waals surface area (Å²) in [5, 5.41) is 8.29. The highest BCUT2D eigenvalue weighted by molar-refractivity contribution is 6.77. The zero-order valence-electron chi connectivity index (χ0n) is 13.2. The van der Waals surface area contributed by atoms with Crippen LogP contribution < -0.4 is 0 Å². The number of alkyl halides is 6. The molecule has 0 bridgehead atoms. The number of rotatable bonds is 8. The predicted octanol–water partition coefficient (Wildman–Crippen LogP) is 3.80. The second kappa shape index (κ2) is 8.04. The van der Waals surface area contributed by atoms with Crippen molar-refractivity contribution in [2.24, 2.45) is 0 Å². The third-order valence-electron chi connectivity index (χ3n) is 3.32. The van der Waals surface area contributed by atoms with E-state index in [-0.39, 0.29) is 0 Å². The number of carbonyl (C=O) groups is 2. The molecule has 0 aliphatic heterocycles. The van der Waals surface area contributed by atoms with Crippen LogP contribution in [0.25, 0.3) is 0 Å². The number of halogens is 6. The lowest BCUT2D eigenvalue weighted by atomic mass is 9.98. The Morgan fingerprint density at radius 2 is 1.62 bits per heavy atom. The second-order valence-electron chi connectivity index (χ2n) is 6.11. The lowest BCUT2D eigenvalue weighted by Gasteiger charge is -2.41. The molecule has 24 heavy (non-hydrogen) atoms. The number of carbonyl (C=O) groups excluding carboxylic acids is 1. The van der Waals surface area contributed by atoms with Crippen molar-refractivity contribution >= 4 is 20.0 Å². The third-order valence-corrected chi connectivity index (χ3v) is 6.12. The molecular weight excluding hydrogens is 362 g/mol. The molecule has 0 rings (SSSR count). The van der Waals surface area contributed by atoms with Crippen molar-refractivity contribution in [2.45, 2.75) is 49.9 Å². The van der Waals surface area contributed by atoms with Gasteiger partial charge in [-0.15, -0.1) is 0 Å². The van der Waals surface area contributed by atoms with E-state index in [0.717, 1.165) is 0 Å². The first-order valence-electron chi connectivity index (χ1n) is 6.75. The maximum Gasteiger partial charge on any atom is 0.428 e. The lowest BCUT2D eigenvalue weighted by molar-refractivity contribution is -0.270. The summed E-state index contributed by atoms with van der Waals surface area (Å²) < 4.78 is 83.3. The number of ether oxygens (including phenoxy) is 1. The van der Waals surface area contributed by atoms with E-state index < -0.39 is 56.9 Å². The van der Waals surface area contributed by atoms with E-state index in [9.17, 15) is 35.9 Å². The van der Waals surface area contributed by atoms with Crippen molar-refractivity contribution in [3.05, 3.63) is 12.2 Å². The van der Waals surface area contributed by atoms with Gasteiger partial charge in [-0.25, -0.2) is 22.8 Å². The molecule has 0 aromatic carbocycles. The normalized spacial score (nSPS) is 16.9. The highest BCUT2D eigenvalue weighted by Crippen LogP contribution is 2.52. The van der Waals surface area contributed by atoms with E-state index in [1.54, 1.807) is 0 Å². The van der Waals surface area contributed by atoms with Crippen molar-refractivity contribution in [1.82, 2.24) is 0 Å². The first-order valence-corrected chi connectivity index (χ1v) is 10.3. The van der Waals surface area contributed by atoms with Crippen LogP contribution >= 0.6 is 0 Å². The van der Waals surface area contributed by atoms with Crippen molar-refractivity contribution in [3.63, 3.8) is 0 Å². The van der Waals surface area contributed by atoms with E-state index >= 15 is 0 Å². The van der Waals surface area contributed by atoms with Crippen LogP contribution in [0.15, 0.2) is 12.2 Å². The summed E-state index contributed by atoms with van der Waals surface area (Å²) in [7, 11) is -3.08. The highest BCUT2D eigenvalue weighted by atomic mass is 28.3. The number of hydrogen-bond donors (Lipinski definition) is 1. The average molecular weight is 380 g/mol. The van der Waals surface area contributed by atoms with Crippen molar-refractivity contribution in [2.75, 3.05) is 6.61 Å². The smallest absolute Gasteiger partial charge is 0.428 e. The summed E-state index contributed by atoms with van der Waals surface area (Å²) in [6, 6.07) is 0. The van der Waals surface area contributed by atoms with Crippen LogP contribution in [0.2, 0.25) is 25.2 Å². The number of hydrogen-bond acceptors (Lipinski definition) is 3. The van der Waals surface area contributed by atoms with E-state index in [4.69, 9.17) is 5.11 Å². The molecule has 0 fully saturated rings. The van der Waals surface area contributed by atoms with Crippen LogP contribution in [0.3, 0.4) is 0 Å². The van der Waals surface area contributed by atoms with E-state index in [1.165, 1.54) is 19.6 Å². The Morgan fingerprint density at radius 3 is 1.96 bits per heavy atom. The number of esters is 1. The third kappa shape index (κ3) is 5.84. The van der Waals surface area contributed by atoms with Crippen LogP contribution in [-0.2, 0) is 14.3 Å². The fraction of sp³-hybridized carbons (Fsp3) is 0.692. The van der Waals surface area contributed by atoms with Gasteiger partial charge in [0.1, 0.15) is 0 Å². The summed E-state index contributed by atoms with van der Waals surface area (Å²) in [5.74, 6) is -2.63. The Bertz CT molecular complexity index is 486. The van der Waals surface area contributed by atoms with Crippen molar-refractivity contribution in [3.8, 4) is 0 Å². The van der Waals surface area contributed by atoms with Gasteiger partial charge in [0, 0.05) is 17.7 Å². The molecule has 140 valence electrons. The molecular formula is C13H18F6O4Si. The monoisotopic (exact) mass is 380 g/mol. The molecule has 4 nitrogen and oxygen atoms in total. The van der Waals surface area contributed by atoms with Gasteiger partial charge in [0.2, 0.25) is 0 Å². The average Bonchev–Trinajstić information content (AvgIpc) is 2.37. The molecule has 11 heteroatoms. The topological polar surface area (TPSA) is 63.6 Å². The van der Waals surface area contributed by atoms with Gasteiger partial charge in [0.05, 0.1) is 14.7 Å². The summed E-state index contributed by atoms with van der Waals surface area (Å²) in [5.41, 5.74) is -6.76. The SMILES string of the molecule is C[Si](C)(C)C(CCOC(=O)C=CC(=O)O)C(F)(C(F)F)C(F)(F)F. The Kier molecular flexibility index (Phi) is 7.53. The number of carboxylic acid groups (broad SMARTS) is 1. The Balaban J connectivity index is 5.25. The molecule has 0 heterocycles.